The SMILES string of the molecule is Cc1nn([C@H]2CCS(=O)(=O)C2)c(C)c1CN(C)CC(=O)Nc1sc2c(c1C#N)CCC2. The predicted octanol–water partition coefficient (Wildman–Crippen LogP) is 2.35. The Bertz CT molecular complexity index is 1170. The highest BCUT2D eigenvalue weighted by Crippen LogP contribution is 2.38. The molecule has 1 aliphatic carbocycles. The Hall–Kier alpha value is -2.22. The maximum atomic E-state index is 12.6. The van der Waals surface area contributed by atoms with Gasteiger partial charge in [-0.1, -0.05) is 0 Å². The van der Waals surface area contributed by atoms with Crippen LogP contribution in [0.3, 0.4) is 0 Å². The van der Waals surface area contributed by atoms with Gasteiger partial charge >= 0.3 is 0 Å². The molecule has 8 nitrogen and oxygen atoms in total. The Kier molecular flexibility index (Phi) is 5.94. The summed E-state index contributed by atoms with van der Waals surface area (Å²) in [6.07, 6.45) is 3.56. The number of aromatic nitrogens is 2. The summed E-state index contributed by atoms with van der Waals surface area (Å²) in [7, 11) is -1.11. The molecule has 0 bridgehead atoms. The fourth-order valence-corrected chi connectivity index (χ4v) is 7.55. The fraction of sp³-hybridized carbons (Fsp3) is 0.571. The maximum absolute atomic E-state index is 12.6. The van der Waals surface area contributed by atoms with E-state index in [-0.39, 0.29) is 30.0 Å². The largest absolute Gasteiger partial charge is 0.315 e. The molecule has 2 aliphatic rings. The number of hydrogen-bond donors (Lipinski definition) is 1. The summed E-state index contributed by atoms with van der Waals surface area (Å²) in [6.45, 7) is 4.61. The van der Waals surface area contributed by atoms with Crippen molar-refractivity contribution in [1.29, 1.82) is 5.26 Å². The van der Waals surface area contributed by atoms with Crippen molar-refractivity contribution in [1.82, 2.24) is 14.7 Å². The number of nitrogens with one attached hydrogen (secondary N) is 1. The molecule has 1 N–H and O–H groups in total. The van der Waals surface area contributed by atoms with Crippen LogP contribution in [0.15, 0.2) is 0 Å². The summed E-state index contributed by atoms with van der Waals surface area (Å²) in [5, 5.41) is 17.7. The third kappa shape index (κ3) is 4.40. The second-order valence-corrected chi connectivity index (χ2v) is 11.9. The van der Waals surface area contributed by atoms with E-state index in [1.165, 1.54) is 16.2 Å². The molecule has 1 amide bonds. The number of carbonyl (C=O) groups excluding carboxylic acids is 1. The maximum Gasteiger partial charge on any atom is 0.239 e. The smallest absolute Gasteiger partial charge is 0.239 e. The Morgan fingerprint density at radius 3 is 2.84 bits per heavy atom. The molecule has 0 radical (unpaired) electrons. The number of rotatable bonds is 6. The molecule has 0 saturated carbocycles. The molecule has 1 saturated heterocycles. The zero-order valence-corrected chi connectivity index (χ0v) is 19.7. The molecule has 2 aromatic heterocycles. The first-order valence-electron chi connectivity index (χ1n) is 10.5. The molecule has 166 valence electrons. The Labute approximate surface area is 186 Å². The summed E-state index contributed by atoms with van der Waals surface area (Å²) in [5.41, 5.74) is 4.55. The van der Waals surface area contributed by atoms with Crippen LogP contribution in [0.1, 0.15) is 51.8 Å². The topological polar surface area (TPSA) is 108 Å². The van der Waals surface area contributed by atoms with E-state index in [2.05, 4.69) is 16.5 Å². The van der Waals surface area contributed by atoms with Gasteiger partial charge < -0.3 is 5.32 Å². The first kappa shape index (κ1) is 22.0. The fourth-order valence-electron chi connectivity index (χ4n) is 4.60. The molecule has 4 rings (SSSR count). The summed E-state index contributed by atoms with van der Waals surface area (Å²) in [4.78, 5) is 15.7. The highest BCUT2D eigenvalue weighted by atomic mass is 32.2. The lowest BCUT2D eigenvalue weighted by atomic mass is 10.1. The molecular formula is C21H27N5O3S2. The van der Waals surface area contributed by atoms with Crippen LogP contribution in [-0.2, 0) is 34.0 Å². The number of likely N-dealkylation sites (N-methyl/N-ethyl adjacent to an activating group) is 1. The quantitative estimate of drug-likeness (QED) is 0.707. The van der Waals surface area contributed by atoms with Crippen molar-refractivity contribution < 1.29 is 13.2 Å². The minimum atomic E-state index is -2.98. The van der Waals surface area contributed by atoms with E-state index < -0.39 is 9.84 Å². The zero-order valence-electron chi connectivity index (χ0n) is 18.1. The van der Waals surface area contributed by atoms with Crippen LogP contribution in [0.25, 0.3) is 0 Å². The Morgan fingerprint density at radius 2 is 2.16 bits per heavy atom. The van der Waals surface area contributed by atoms with Crippen molar-refractivity contribution >= 4 is 32.1 Å². The molecule has 2 aromatic rings. The minimum absolute atomic E-state index is 0.115. The van der Waals surface area contributed by atoms with Gasteiger partial charge in [0.1, 0.15) is 11.1 Å². The van der Waals surface area contributed by atoms with Crippen LogP contribution in [0.4, 0.5) is 5.00 Å². The van der Waals surface area contributed by atoms with Gasteiger partial charge in [0, 0.05) is 22.7 Å². The van der Waals surface area contributed by atoms with Gasteiger partial charge in [0.05, 0.1) is 35.3 Å². The molecular weight excluding hydrogens is 434 g/mol. The van der Waals surface area contributed by atoms with Crippen molar-refractivity contribution in [3.63, 3.8) is 0 Å². The molecule has 31 heavy (non-hydrogen) atoms. The van der Waals surface area contributed by atoms with E-state index >= 15 is 0 Å². The van der Waals surface area contributed by atoms with Crippen LogP contribution in [0.2, 0.25) is 0 Å². The van der Waals surface area contributed by atoms with E-state index in [1.807, 2.05) is 30.5 Å². The average Bonchev–Trinajstić information content (AvgIpc) is 3.41. The van der Waals surface area contributed by atoms with E-state index in [4.69, 9.17) is 0 Å². The minimum Gasteiger partial charge on any atom is -0.315 e. The second-order valence-electron chi connectivity index (χ2n) is 8.54. The number of nitriles is 1. The third-order valence-corrected chi connectivity index (χ3v) is 9.11. The van der Waals surface area contributed by atoms with Gasteiger partial charge in [-0.2, -0.15) is 10.4 Å². The van der Waals surface area contributed by atoms with Gasteiger partial charge in [0.25, 0.3) is 0 Å². The Morgan fingerprint density at radius 1 is 1.39 bits per heavy atom. The molecule has 0 aromatic carbocycles. The van der Waals surface area contributed by atoms with Crippen LogP contribution in [0.5, 0.6) is 0 Å². The molecule has 0 unspecified atom stereocenters. The number of aryl methyl sites for hydroxylation is 2. The van der Waals surface area contributed by atoms with E-state index in [1.54, 1.807) is 0 Å². The second kappa shape index (κ2) is 8.37. The number of amides is 1. The summed E-state index contributed by atoms with van der Waals surface area (Å²) >= 11 is 1.52. The number of fused-ring (bicyclic) bond motifs is 1. The number of carbonyl (C=O) groups is 1. The number of sulfone groups is 1. The molecule has 1 atom stereocenters. The number of anilines is 1. The van der Waals surface area contributed by atoms with Crippen molar-refractivity contribution in [2.75, 3.05) is 30.4 Å². The lowest BCUT2D eigenvalue weighted by molar-refractivity contribution is -0.117. The van der Waals surface area contributed by atoms with Gasteiger partial charge in [-0.3, -0.25) is 14.4 Å². The van der Waals surface area contributed by atoms with Crippen LogP contribution < -0.4 is 5.32 Å². The first-order chi connectivity index (χ1) is 14.7. The lowest BCUT2D eigenvalue weighted by Gasteiger charge is -2.17. The highest BCUT2D eigenvalue weighted by Gasteiger charge is 2.31. The van der Waals surface area contributed by atoms with E-state index in [0.29, 0.717) is 23.5 Å². The van der Waals surface area contributed by atoms with Crippen molar-refractivity contribution in [3.8, 4) is 6.07 Å². The van der Waals surface area contributed by atoms with Gasteiger partial charge in [-0.25, -0.2) is 8.42 Å². The zero-order chi connectivity index (χ0) is 22.3. The van der Waals surface area contributed by atoms with Gasteiger partial charge in [0.2, 0.25) is 5.91 Å². The molecule has 1 aliphatic heterocycles. The normalized spacial score (nSPS) is 19.5. The monoisotopic (exact) mass is 461 g/mol. The van der Waals surface area contributed by atoms with E-state index in [0.717, 1.165) is 41.8 Å². The summed E-state index contributed by atoms with van der Waals surface area (Å²) in [6, 6.07) is 2.14. The molecule has 3 heterocycles. The van der Waals surface area contributed by atoms with Crippen LogP contribution >= 0.6 is 11.3 Å². The number of hydrogen-bond acceptors (Lipinski definition) is 7. The first-order valence-corrected chi connectivity index (χ1v) is 13.1. The number of nitrogens with zero attached hydrogens (tertiary/aromatic N) is 4. The van der Waals surface area contributed by atoms with Gasteiger partial charge in [-0.05, 0) is 52.1 Å². The summed E-state index contributed by atoms with van der Waals surface area (Å²) in [5.74, 6) is 0.199. The Balaban J connectivity index is 1.41. The van der Waals surface area contributed by atoms with Crippen molar-refractivity contribution in [2.45, 2.75) is 52.1 Å². The van der Waals surface area contributed by atoms with Crippen molar-refractivity contribution in [2.24, 2.45) is 0 Å². The molecule has 1 fully saturated rings. The van der Waals surface area contributed by atoms with E-state index in [9.17, 15) is 18.5 Å². The van der Waals surface area contributed by atoms with Crippen molar-refractivity contribution in [3.05, 3.63) is 33.0 Å². The standard InChI is InChI=1S/C21H27N5O3S2/c1-13-18(14(2)26(24-13)15-7-8-31(28,29)12-15)10-25(3)11-20(27)23-21-17(9-22)16-5-4-6-19(16)30-21/h15H,4-8,10-12H2,1-3H3,(H,23,27)/t15-/m0/s1. The van der Waals surface area contributed by atoms with Gasteiger partial charge in [0.15, 0.2) is 9.84 Å². The predicted molar refractivity (Wildman–Crippen MR) is 120 cm³/mol. The number of thiophene rings is 1. The molecule has 0 spiro atoms. The summed E-state index contributed by atoms with van der Waals surface area (Å²) < 4.78 is 25.5. The lowest BCUT2D eigenvalue weighted by Crippen LogP contribution is -2.30. The van der Waals surface area contributed by atoms with Gasteiger partial charge in [-0.15, -0.1) is 11.3 Å². The molecule has 10 heteroatoms. The average molecular weight is 462 g/mol. The van der Waals surface area contributed by atoms with Crippen LogP contribution in [0, 0.1) is 25.2 Å². The third-order valence-electron chi connectivity index (χ3n) is 6.16. The van der Waals surface area contributed by atoms with Crippen LogP contribution in [-0.4, -0.2) is 54.1 Å². The highest BCUT2D eigenvalue weighted by molar-refractivity contribution is 7.91.